The van der Waals surface area contributed by atoms with Crippen LogP contribution in [-0.2, 0) is 4.74 Å². The van der Waals surface area contributed by atoms with Gasteiger partial charge in [-0.15, -0.1) is 0 Å². The molecule has 1 rings (SSSR count). The van der Waals surface area contributed by atoms with E-state index < -0.39 is 6.86 Å². The molecule has 0 saturated carbocycles. The largest absolute Gasteiger partial charge is 0.460 e. The fraction of sp³-hybridized carbons (Fsp3) is 0.429. The Balaban J connectivity index is 2.60. The van der Waals surface area contributed by atoms with Crippen LogP contribution >= 0.6 is 0 Å². The van der Waals surface area contributed by atoms with E-state index in [9.17, 15) is 8.78 Å². The molecule has 0 aromatic heterocycles. The Morgan fingerprint density at radius 1 is 1.60 bits per heavy atom. The summed E-state index contributed by atoms with van der Waals surface area (Å²) in [5, 5.41) is 0. The normalized spacial score (nSPS) is 17.8. The lowest BCUT2D eigenvalue weighted by Gasteiger charge is -2.07. The van der Waals surface area contributed by atoms with E-state index in [-0.39, 0.29) is 11.6 Å². The monoisotopic (exact) mass is 146 g/mol. The second kappa shape index (κ2) is 3.34. The SMILES string of the molecule is FCOC1=C(F)CCC=C1. The number of hydrogen-bond donors (Lipinski definition) is 0. The number of ether oxygens (including phenoxy) is 1. The molecule has 1 aliphatic carbocycles. The van der Waals surface area contributed by atoms with Crippen molar-refractivity contribution in [1.29, 1.82) is 0 Å². The van der Waals surface area contributed by atoms with Crippen molar-refractivity contribution in [2.75, 3.05) is 6.86 Å². The van der Waals surface area contributed by atoms with Gasteiger partial charge in [-0.2, -0.15) is 0 Å². The van der Waals surface area contributed by atoms with E-state index in [1.54, 1.807) is 6.08 Å². The third-order valence-corrected chi connectivity index (χ3v) is 1.28. The Morgan fingerprint density at radius 3 is 3.00 bits per heavy atom. The molecule has 0 spiro atoms. The molecule has 0 heterocycles. The molecule has 0 unspecified atom stereocenters. The number of hydrogen-bond acceptors (Lipinski definition) is 1. The summed E-state index contributed by atoms with van der Waals surface area (Å²) in [6.07, 6.45) is 4.21. The molecule has 1 aliphatic rings. The first-order valence-corrected chi connectivity index (χ1v) is 3.08. The molecule has 0 aromatic carbocycles. The average Bonchev–Trinajstić information content (AvgIpc) is 1.94. The summed E-state index contributed by atoms with van der Waals surface area (Å²) in [5.41, 5.74) is 0. The highest BCUT2D eigenvalue weighted by Crippen LogP contribution is 2.20. The zero-order chi connectivity index (χ0) is 7.40. The Morgan fingerprint density at radius 2 is 2.40 bits per heavy atom. The number of alkyl halides is 1. The van der Waals surface area contributed by atoms with Gasteiger partial charge in [-0.3, -0.25) is 0 Å². The Bertz CT molecular complexity index is 172. The second-order valence-corrected chi connectivity index (χ2v) is 1.96. The van der Waals surface area contributed by atoms with E-state index in [2.05, 4.69) is 4.74 Å². The predicted octanol–water partition coefficient (Wildman–Crippen LogP) is 2.46. The molecular weight excluding hydrogens is 138 g/mol. The summed E-state index contributed by atoms with van der Waals surface area (Å²) in [5.74, 6) is -0.325. The molecule has 0 fully saturated rings. The minimum atomic E-state index is -0.965. The van der Waals surface area contributed by atoms with E-state index in [1.807, 2.05) is 0 Å². The van der Waals surface area contributed by atoms with Crippen LogP contribution < -0.4 is 0 Å². The first-order valence-electron chi connectivity index (χ1n) is 3.08. The Labute approximate surface area is 58.0 Å². The lowest BCUT2D eigenvalue weighted by molar-refractivity contribution is 0.116. The highest BCUT2D eigenvalue weighted by molar-refractivity contribution is 5.20. The van der Waals surface area contributed by atoms with Crippen LogP contribution in [0.4, 0.5) is 8.78 Å². The lowest BCUT2D eigenvalue weighted by atomic mass is 10.1. The molecule has 1 nitrogen and oxygen atoms in total. The van der Waals surface area contributed by atoms with Crippen LogP contribution in [0.2, 0.25) is 0 Å². The van der Waals surface area contributed by atoms with Crippen molar-refractivity contribution >= 4 is 0 Å². The maximum absolute atomic E-state index is 12.6. The van der Waals surface area contributed by atoms with Gasteiger partial charge in [0.2, 0.25) is 6.86 Å². The number of rotatable bonds is 2. The van der Waals surface area contributed by atoms with Gasteiger partial charge in [0.1, 0.15) is 5.83 Å². The van der Waals surface area contributed by atoms with Gasteiger partial charge in [-0.25, -0.2) is 8.78 Å². The fourth-order valence-corrected chi connectivity index (χ4v) is 0.799. The van der Waals surface area contributed by atoms with Gasteiger partial charge in [0.15, 0.2) is 5.76 Å². The Hall–Kier alpha value is -0.860. The highest BCUT2D eigenvalue weighted by atomic mass is 19.1. The standard InChI is InChI=1S/C7H8F2O/c8-5-10-7-4-2-1-3-6(7)9/h2,4H,1,3,5H2. The molecular formula is C7H8F2O. The zero-order valence-corrected chi connectivity index (χ0v) is 5.44. The molecule has 0 aliphatic heterocycles. The highest BCUT2D eigenvalue weighted by Gasteiger charge is 2.07. The first-order chi connectivity index (χ1) is 4.84. The minimum absolute atomic E-state index is 0.0359. The van der Waals surface area contributed by atoms with E-state index in [4.69, 9.17) is 0 Å². The smallest absolute Gasteiger partial charge is 0.228 e. The Kier molecular flexibility index (Phi) is 2.42. The van der Waals surface area contributed by atoms with Crippen molar-refractivity contribution in [3.05, 3.63) is 23.7 Å². The minimum Gasteiger partial charge on any atom is -0.460 e. The summed E-state index contributed by atoms with van der Waals surface area (Å²) >= 11 is 0. The van der Waals surface area contributed by atoms with Crippen molar-refractivity contribution in [2.24, 2.45) is 0 Å². The van der Waals surface area contributed by atoms with Gasteiger partial charge in [-0.05, 0) is 12.5 Å². The molecule has 0 bridgehead atoms. The quantitative estimate of drug-likeness (QED) is 0.581. The van der Waals surface area contributed by atoms with E-state index in [1.165, 1.54) is 6.08 Å². The fourth-order valence-electron chi connectivity index (χ4n) is 0.799. The van der Waals surface area contributed by atoms with Crippen LogP contribution in [0.1, 0.15) is 12.8 Å². The molecule has 0 amide bonds. The topological polar surface area (TPSA) is 9.23 Å². The van der Waals surface area contributed by atoms with Crippen LogP contribution in [0, 0.1) is 0 Å². The maximum Gasteiger partial charge on any atom is 0.228 e. The summed E-state index contributed by atoms with van der Waals surface area (Å²) in [4.78, 5) is 0. The van der Waals surface area contributed by atoms with Crippen molar-refractivity contribution in [3.8, 4) is 0 Å². The van der Waals surface area contributed by atoms with Gasteiger partial charge < -0.3 is 4.74 Å². The second-order valence-electron chi connectivity index (χ2n) is 1.96. The maximum atomic E-state index is 12.6. The van der Waals surface area contributed by atoms with Gasteiger partial charge in [0, 0.05) is 6.42 Å². The van der Waals surface area contributed by atoms with E-state index in [0.29, 0.717) is 12.8 Å². The molecule has 0 aromatic rings. The van der Waals surface area contributed by atoms with Crippen LogP contribution in [0.3, 0.4) is 0 Å². The summed E-state index contributed by atoms with van der Waals surface area (Å²) in [6, 6.07) is 0. The van der Waals surface area contributed by atoms with Gasteiger partial charge in [-0.1, -0.05) is 6.08 Å². The summed E-state index contributed by atoms with van der Waals surface area (Å²) in [7, 11) is 0. The van der Waals surface area contributed by atoms with Crippen LogP contribution in [-0.4, -0.2) is 6.86 Å². The van der Waals surface area contributed by atoms with E-state index >= 15 is 0 Å². The summed E-state index contributed by atoms with van der Waals surface area (Å²) in [6.45, 7) is -0.965. The molecule has 10 heavy (non-hydrogen) atoms. The average molecular weight is 146 g/mol. The third-order valence-electron chi connectivity index (χ3n) is 1.28. The summed E-state index contributed by atoms with van der Waals surface area (Å²) < 4.78 is 28.4. The van der Waals surface area contributed by atoms with Crippen LogP contribution in [0.5, 0.6) is 0 Å². The van der Waals surface area contributed by atoms with Crippen molar-refractivity contribution < 1.29 is 13.5 Å². The number of halogens is 2. The lowest BCUT2D eigenvalue weighted by Crippen LogP contribution is -1.94. The number of allylic oxidation sites excluding steroid dienone is 3. The first kappa shape index (κ1) is 7.25. The van der Waals surface area contributed by atoms with Crippen molar-refractivity contribution in [3.63, 3.8) is 0 Å². The van der Waals surface area contributed by atoms with Gasteiger partial charge in [0.25, 0.3) is 0 Å². The zero-order valence-electron chi connectivity index (χ0n) is 5.44. The van der Waals surface area contributed by atoms with Gasteiger partial charge >= 0.3 is 0 Å². The molecule has 3 heteroatoms. The molecule has 0 radical (unpaired) electrons. The molecule has 0 atom stereocenters. The third kappa shape index (κ3) is 1.56. The predicted molar refractivity (Wildman–Crippen MR) is 33.6 cm³/mol. The van der Waals surface area contributed by atoms with Crippen LogP contribution in [0.25, 0.3) is 0 Å². The van der Waals surface area contributed by atoms with Crippen LogP contribution in [0.15, 0.2) is 23.7 Å². The molecule has 0 N–H and O–H groups in total. The molecule has 0 saturated heterocycles. The van der Waals surface area contributed by atoms with Gasteiger partial charge in [0.05, 0.1) is 0 Å². The molecule has 56 valence electrons. The van der Waals surface area contributed by atoms with Crippen molar-refractivity contribution in [1.82, 2.24) is 0 Å². The van der Waals surface area contributed by atoms with E-state index in [0.717, 1.165) is 0 Å². The van der Waals surface area contributed by atoms with Crippen molar-refractivity contribution in [2.45, 2.75) is 12.8 Å².